The van der Waals surface area contributed by atoms with Gasteiger partial charge >= 0.3 is 6.09 Å². The highest BCUT2D eigenvalue weighted by Crippen LogP contribution is 2.27. The lowest BCUT2D eigenvalue weighted by molar-refractivity contribution is -0.119. The summed E-state index contributed by atoms with van der Waals surface area (Å²) in [6.07, 6.45) is -0.00264. The number of methoxy groups -OCH3 is 3. The van der Waals surface area contributed by atoms with Gasteiger partial charge in [0.2, 0.25) is 5.91 Å². The van der Waals surface area contributed by atoms with Crippen LogP contribution in [0.5, 0.6) is 17.2 Å². The summed E-state index contributed by atoms with van der Waals surface area (Å²) in [6, 6.07) is 12.8. The first-order chi connectivity index (χ1) is 15.4. The molecule has 2 aromatic carbocycles. The molecule has 0 radical (unpaired) electrons. The Hall–Kier alpha value is -3.75. The van der Waals surface area contributed by atoms with Crippen LogP contribution in [0, 0.1) is 0 Å². The summed E-state index contributed by atoms with van der Waals surface area (Å²) in [5.74, 6) is 1.83. The molecule has 2 amide bonds. The summed E-state index contributed by atoms with van der Waals surface area (Å²) >= 11 is 0. The number of hydrogen-bond donors (Lipinski definition) is 2. The average Bonchev–Trinajstić information content (AvgIpc) is 2.81. The molecule has 172 valence electrons. The maximum Gasteiger partial charge on any atom is 0.428 e. The van der Waals surface area contributed by atoms with E-state index >= 15 is 0 Å². The second-order valence-corrected chi connectivity index (χ2v) is 6.85. The number of nitrogens with zero attached hydrogens (tertiary/aromatic N) is 1. The minimum Gasteiger partial charge on any atom is -0.497 e. The maximum atomic E-state index is 12.1. The molecular formula is C23H29N3O6. The van der Waals surface area contributed by atoms with Crippen molar-refractivity contribution in [2.24, 2.45) is 5.10 Å². The van der Waals surface area contributed by atoms with E-state index in [1.54, 1.807) is 52.5 Å². The van der Waals surface area contributed by atoms with Crippen LogP contribution in [0.2, 0.25) is 0 Å². The van der Waals surface area contributed by atoms with Crippen LogP contribution < -0.4 is 25.0 Å². The number of ether oxygens (including phenoxy) is 4. The number of benzene rings is 2. The second-order valence-electron chi connectivity index (χ2n) is 6.85. The molecular weight excluding hydrogens is 414 g/mol. The number of amides is 2. The van der Waals surface area contributed by atoms with E-state index in [9.17, 15) is 9.59 Å². The van der Waals surface area contributed by atoms with Crippen molar-refractivity contribution in [1.82, 2.24) is 10.7 Å². The molecule has 0 bridgehead atoms. The van der Waals surface area contributed by atoms with Crippen molar-refractivity contribution in [3.05, 3.63) is 53.6 Å². The topological polar surface area (TPSA) is 107 Å². The van der Waals surface area contributed by atoms with Gasteiger partial charge < -0.3 is 24.3 Å². The van der Waals surface area contributed by atoms with Crippen molar-refractivity contribution < 1.29 is 28.5 Å². The second kappa shape index (κ2) is 12.8. The van der Waals surface area contributed by atoms with Crippen molar-refractivity contribution in [2.45, 2.75) is 26.4 Å². The summed E-state index contributed by atoms with van der Waals surface area (Å²) in [7, 11) is 4.74. The molecule has 0 aromatic heterocycles. The first-order valence-corrected chi connectivity index (χ1v) is 10.0. The van der Waals surface area contributed by atoms with E-state index in [1.807, 2.05) is 18.2 Å². The molecule has 0 spiro atoms. The zero-order valence-electron chi connectivity index (χ0n) is 18.8. The standard InChI is InChI=1S/C23H29N3O6/c1-16(25-26-23(28)32-15-18-5-8-19(29-2)9-6-18)13-22(27)24-12-11-17-7-10-20(30-3)21(14-17)31-4/h5-10,14H,11-13,15H2,1-4H3,(H,24,27)(H,26,28). The van der Waals surface area contributed by atoms with Crippen LogP contribution in [0.4, 0.5) is 4.79 Å². The van der Waals surface area contributed by atoms with Gasteiger partial charge in [0, 0.05) is 12.3 Å². The van der Waals surface area contributed by atoms with Gasteiger partial charge in [-0.1, -0.05) is 18.2 Å². The highest BCUT2D eigenvalue weighted by molar-refractivity contribution is 6.00. The molecule has 9 heteroatoms. The van der Waals surface area contributed by atoms with Crippen LogP contribution >= 0.6 is 0 Å². The number of nitrogens with one attached hydrogen (secondary N) is 2. The molecule has 32 heavy (non-hydrogen) atoms. The minimum absolute atomic E-state index is 0.0602. The van der Waals surface area contributed by atoms with Crippen LogP contribution in [0.1, 0.15) is 24.5 Å². The third-order valence-electron chi connectivity index (χ3n) is 4.47. The molecule has 2 aromatic rings. The number of rotatable bonds is 11. The van der Waals surface area contributed by atoms with Gasteiger partial charge in [0.1, 0.15) is 12.4 Å². The van der Waals surface area contributed by atoms with Crippen molar-refractivity contribution in [3.8, 4) is 17.2 Å². The van der Waals surface area contributed by atoms with Crippen LogP contribution in [0.25, 0.3) is 0 Å². The number of carbonyl (C=O) groups excluding carboxylic acids is 2. The predicted molar refractivity (Wildman–Crippen MR) is 120 cm³/mol. The first kappa shape index (κ1) is 24.5. The molecule has 0 heterocycles. The largest absolute Gasteiger partial charge is 0.497 e. The quantitative estimate of drug-likeness (QED) is 0.408. The monoisotopic (exact) mass is 443 g/mol. The molecule has 0 atom stereocenters. The van der Waals surface area contributed by atoms with E-state index in [-0.39, 0.29) is 18.9 Å². The molecule has 2 rings (SSSR count). The lowest BCUT2D eigenvalue weighted by atomic mass is 10.1. The number of hydrazone groups is 1. The van der Waals surface area contributed by atoms with Crippen molar-refractivity contribution in [2.75, 3.05) is 27.9 Å². The third-order valence-corrected chi connectivity index (χ3v) is 4.47. The van der Waals surface area contributed by atoms with Crippen molar-refractivity contribution >= 4 is 17.7 Å². The smallest absolute Gasteiger partial charge is 0.428 e. The summed E-state index contributed by atoms with van der Waals surface area (Å²) in [5.41, 5.74) is 4.56. The number of carbonyl (C=O) groups is 2. The van der Waals surface area contributed by atoms with E-state index in [1.165, 1.54) is 0 Å². The Balaban J connectivity index is 1.69. The van der Waals surface area contributed by atoms with E-state index in [2.05, 4.69) is 15.8 Å². The fraction of sp³-hybridized carbons (Fsp3) is 0.348. The first-order valence-electron chi connectivity index (χ1n) is 10.0. The van der Waals surface area contributed by atoms with Gasteiger partial charge in [0.05, 0.1) is 27.8 Å². The molecule has 9 nitrogen and oxygen atoms in total. The summed E-state index contributed by atoms with van der Waals surface area (Å²) in [4.78, 5) is 23.9. The van der Waals surface area contributed by atoms with Gasteiger partial charge in [-0.2, -0.15) is 5.10 Å². The Morgan fingerprint density at radius 1 is 0.906 bits per heavy atom. The maximum absolute atomic E-state index is 12.1. The lowest BCUT2D eigenvalue weighted by Gasteiger charge is -2.10. The molecule has 0 saturated carbocycles. The van der Waals surface area contributed by atoms with Crippen LogP contribution in [-0.4, -0.2) is 45.6 Å². The Labute approximate surface area is 187 Å². The molecule has 0 aliphatic rings. The molecule has 0 fully saturated rings. The van der Waals surface area contributed by atoms with Crippen LogP contribution in [0.3, 0.4) is 0 Å². The normalized spacial score (nSPS) is 10.8. The molecule has 2 N–H and O–H groups in total. The summed E-state index contributed by atoms with van der Waals surface area (Å²) in [5, 5.41) is 6.72. The minimum atomic E-state index is -0.700. The van der Waals surface area contributed by atoms with Crippen molar-refractivity contribution in [3.63, 3.8) is 0 Å². The van der Waals surface area contributed by atoms with Crippen molar-refractivity contribution in [1.29, 1.82) is 0 Å². The lowest BCUT2D eigenvalue weighted by Crippen LogP contribution is -2.28. The van der Waals surface area contributed by atoms with Crippen LogP contribution in [0.15, 0.2) is 47.6 Å². The highest BCUT2D eigenvalue weighted by atomic mass is 16.6. The summed E-state index contributed by atoms with van der Waals surface area (Å²) < 4.78 is 20.7. The predicted octanol–water partition coefficient (Wildman–Crippen LogP) is 3.06. The van der Waals surface area contributed by atoms with Gasteiger partial charge in [-0.25, -0.2) is 10.2 Å². The van der Waals surface area contributed by atoms with Gasteiger partial charge in [0.15, 0.2) is 11.5 Å². The van der Waals surface area contributed by atoms with E-state index in [4.69, 9.17) is 18.9 Å². The van der Waals surface area contributed by atoms with Gasteiger partial charge in [-0.15, -0.1) is 0 Å². The molecule has 0 aliphatic carbocycles. The zero-order valence-corrected chi connectivity index (χ0v) is 18.8. The summed E-state index contributed by atoms with van der Waals surface area (Å²) in [6.45, 7) is 2.21. The van der Waals surface area contributed by atoms with E-state index in [0.29, 0.717) is 30.2 Å². The molecule has 0 unspecified atom stereocenters. The molecule has 0 saturated heterocycles. The highest BCUT2D eigenvalue weighted by Gasteiger charge is 2.08. The van der Waals surface area contributed by atoms with Gasteiger partial charge in [0.25, 0.3) is 0 Å². The zero-order chi connectivity index (χ0) is 23.3. The Morgan fingerprint density at radius 3 is 2.25 bits per heavy atom. The van der Waals surface area contributed by atoms with E-state index in [0.717, 1.165) is 16.9 Å². The number of hydrogen-bond acceptors (Lipinski definition) is 7. The third kappa shape index (κ3) is 8.17. The average molecular weight is 444 g/mol. The fourth-order valence-corrected chi connectivity index (χ4v) is 2.76. The molecule has 0 aliphatic heterocycles. The van der Waals surface area contributed by atoms with Gasteiger partial charge in [-0.3, -0.25) is 4.79 Å². The Bertz CT molecular complexity index is 928. The van der Waals surface area contributed by atoms with E-state index < -0.39 is 6.09 Å². The van der Waals surface area contributed by atoms with Crippen LogP contribution in [-0.2, 0) is 22.6 Å². The Morgan fingerprint density at radius 2 is 1.59 bits per heavy atom. The van der Waals surface area contributed by atoms with Gasteiger partial charge in [-0.05, 0) is 48.7 Å². The Kier molecular flexibility index (Phi) is 9.83. The SMILES string of the molecule is COc1ccc(COC(=O)NN=C(C)CC(=O)NCCc2ccc(OC)c(OC)c2)cc1. The fourth-order valence-electron chi connectivity index (χ4n) is 2.76.